The van der Waals surface area contributed by atoms with E-state index in [1.54, 1.807) is 6.07 Å². The van der Waals surface area contributed by atoms with Crippen molar-refractivity contribution in [3.05, 3.63) is 28.7 Å². The highest BCUT2D eigenvalue weighted by Crippen LogP contribution is 2.20. The van der Waals surface area contributed by atoms with E-state index in [1.807, 2.05) is 19.1 Å². The Kier molecular flexibility index (Phi) is 3.98. The van der Waals surface area contributed by atoms with Gasteiger partial charge in [-0.1, -0.05) is 11.6 Å². The Morgan fingerprint density at radius 2 is 2.29 bits per heavy atom. The molecule has 0 spiro atoms. The van der Waals surface area contributed by atoms with Crippen molar-refractivity contribution in [3.8, 4) is 0 Å². The second-order valence-corrected chi connectivity index (χ2v) is 7.29. The minimum Gasteiger partial charge on any atom is -0.313 e. The number of hydrogen-bond donors (Lipinski definition) is 2. The summed E-state index contributed by atoms with van der Waals surface area (Å²) in [5.41, 5.74) is 1.15. The van der Waals surface area contributed by atoms with Crippen LogP contribution in [0.5, 0.6) is 0 Å². The molecule has 0 aromatic carbocycles. The van der Waals surface area contributed by atoms with E-state index in [2.05, 4.69) is 10.0 Å². The molecular weight excluding hydrogens is 256 g/mol. The average molecular weight is 272 g/mol. The molecule has 0 bridgehead atoms. The van der Waals surface area contributed by atoms with Crippen LogP contribution in [0.15, 0.2) is 28.0 Å². The average Bonchev–Trinajstić information content (AvgIpc) is 2.76. The van der Waals surface area contributed by atoms with Gasteiger partial charge in [0, 0.05) is 18.0 Å². The Hall–Kier alpha value is -0.690. The maximum Gasteiger partial charge on any atom is 0.250 e. The lowest BCUT2D eigenvalue weighted by Crippen LogP contribution is -2.29. The maximum atomic E-state index is 11.9. The first kappa shape index (κ1) is 12.8. The third-order valence-electron chi connectivity index (χ3n) is 2.63. The molecule has 1 aromatic rings. The van der Waals surface area contributed by atoms with Gasteiger partial charge in [0.15, 0.2) is 0 Å². The second kappa shape index (κ2) is 5.30. The van der Waals surface area contributed by atoms with Crippen LogP contribution in [0.3, 0.4) is 0 Å². The molecule has 0 amide bonds. The van der Waals surface area contributed by atoms with Crippen LogP contribution >= 0.6 is 11.3 Å². The van der Waals surface area contributed by atoms with Gasteiger partial charge in [-0.3, -0.25) is 0 Å². The van der Waals surface area contributed by atoms with Crippen molar-refractivity contribution >= 4 is 21.4 Å². The Morgan fingerprint density at radius 1 is 1.47 bits per heavy atom. The zero-order valence-electron chi connectivity index (χ0n) is 9.69. The van der Waals surface area contributed by atoms with Crippen molar-refractivity contribution in [3.63, 3.8) is 0 Å². The largest absolute Gasteiger partial charge is 0.313 e. The molecule has 4 nitrogen and oxygen atoms in total. The summed E-state index contributed by atoms with van der Waals surface area (Å²) in [6.07, 6.45) is 2.96. The summed E-state index contributed by atoms with van der Waals surface area (Å²) in [5.74, 6) is 0. The van der Waals surface area contributed by atoms with Crippen molar-refractivity contribution in [2.24, 2.45) is 0 Å². The third kappa shape index (κ3) is 3.38. The maximum absolute atomic E-state index is 11.9. The summed E-state index contributed by atoms with van der Waals surface area (Å²) in [6, 6.07) is 3.47. The molecule has 2 N–H and O–H groups in total. The first-order valence-corrected chi connectivity index (χ1v) is 7.82. The number of nitrogens with one attached hydrogen (secondary N) is 2. The normalized spacial score (nSPS) is 16.9. The number of thiophene rings is 1. The smallest absolute Gasteiger partial charge is 0.250 e. The van der Waals surface area contributed by atoms with E-state index in [0.29, 0.717) is 10.8 Å². The van der Waals surface area contributed by atoms with Crippen LogP contribution in [0.2, 0.25) is 0 Å². The molecule has 0 saturated carbocycles. The standard InChI is InChI=1S/C11H16N2O2S2/c1-9-2-3-11(16-9)17(14,15)13-8-10-4-6-12-7-5-10/h2-4,12-13H,5-8H2,1H3. The van der Waals surface area contributed by atoms with Crippen LogP contribution < -0.4 is 10.0 Å². The zero-order valence-corrected chi connectivity index (χ0v) is 11.3. The number of rotatable bonds is 4. The molecule has 1 aliphatic rings. The van der Waals surface area contributed by atoms with Crippen molar-refractivity contribution in [1.29, 1.82) is 0 Å². The molecule has 0 aliphatic carbocycles. The Morgan fingerprint density at radius 3 is 2.88 bits per heavy atom. The van der Waals surface area contributed by atoms with Gasteiger partial charge in [0.25, 0.3) is 0 Å². The molecule has 1 aliphatic heterocycles. The lowest BCUT2D eigenvalue weighted by molar-refractivity contribution is 0.584. The molecule has 2 heterocycles. The van der Waals surface area contributed by atoms with Gasteiger partial charge in [-0.25, -0.2) is 13.1 Å². The number of aryl methyl sites for hydroxylation is 1. The van der Waals surface area contributed by atoms with Gasteiger partial charge < -0.3 is 5.32 Å². The monoisotopic (exact) mass is 272 g/mol. The molecule has 0 radical (unpaired) electrons. The third-order valence-corrected chi connectivity index (χ3v) is 5.52. The van der Waals surface area contributed by atoms with Gasteiger partial charge in [0.1, 0.15) is 4.21 Å². The minimum atomic E-state index is -3.33. The fourth-order valence-corrected chi connectivity index (χ4v) is 4.01. The van der Waals surface area contributed by atoms with Gasteiger partial charge in [0.05, 0.1) is 0 Å². The summed E-state index contributed by atoms with van der Waals surface area (Å²) in [5, 5.41) is 3.20. The van der Waals surface area contributed by atoms with E-state index >= 15 is 0 Å². The molecule has 17 heavy (non-hydrogen) atoms. The highest BCUT2D eigenvalue weighted by Gasteiger charge is 2.16. The molecule has 0 fully saturated rings. The van der Waals surface area contributed by atoms with Gasteiger partial charge >= 0.3 is 0 Å². The quantitative estimate of drug-likeness (QED) is 0.811. The molecule has 0 unspecified atom stereocenters. The Bertz CT molecular complexity index is 517. The molecule has 2 rings (SSSR count). The first-order valence-electron chi connectivity index (χ1n) is 5.53. The van der Waals surface area contributed by atoms with Crippen LogP contribution in [-0.4, -0.2) is 28.1 Å². The van der Waals surface area contributed by atoms with Gasteiger partial charge in [0.2, 0.25) is 10.0 Å². The minimum absolute atomic E-state index is 0.393. The molecule has 6 heteroatoms. The lowest BCUT2D eigenvalue weighted by atomic mass is 10.1. The van der Waals surface area contributed by atoms with Crippen molar-refractivity contribution in [1.82, 2.24) is 10.0 Å². The first-order chi connectivity index (χ1) is 8.08. The highest BCUT2D eigenvalue weighted by atomic mass is 32.2. The Balaban J connectivity index is 2.00. The van der Waals surface area contributed by atoms with E-state index in [-0.39, 0.29) is 0 Å². The number of hydrogen-bond acceptors (Lipinski definition) is 4. The molecule has 0 saturated heterocycles. The molecule has 1 aromatic heterocycles. The highest BCUT2D eigenvalue weighted by molar-refractivity contribution is 7.91. The predicted octanol–water partition coefficient (Wildman–Crippen LogP) is 1.25. The van der Waals surface area contributed by atoms with Crippen LogP contribution in [0, 0.1) is 6.92 Å². The van der Waals surface area contributed by atoms with Crippen molar-refractivity contribution in [2.75, 3.05) is 19.6 Å². The lowest BCUT2D eigenvalue weighted by Gasteiger charge is -2.14. The SMILES string of the molecule is Cc1ccc(S(=O)(=O)NCC2=CCNCC2)s1. The van der Waals surface area contributed by atoms with Crippen molar-refractivity contribution in [2.45, 2.75) is 17.6 Å². The van der Waals surface area contributed by atoms with Crippen LogP contribution in [0.25, 0.3) is 0 Å². The van der Waals surface area contributed by atoms with E-state index in [4.69, 9.17) is 0 Å². The summed E-state index contributed by atoms with van der Waals surface area (Å²) >= 11 is 1.30. The Labute approximate surface area is 106 Å². The predicted molar refractivity (Wildman–Crippen MR) is 69.8 cm³/mol. The molecule has 94 valence electrons. The van der Waals surface area contributed by atoms with E-state index < -0.39 is 10.0 Å². The van der Waals surface area contributed by atoms with Gasteiger partial charge in [-0.2, -0.15) is 0 Å². The van der Waals surface area contributed by atoms with E-state index in [9.17, 15) is 8.42 Å². The fourth-order valence-electron chi connectivity index (χ4n) is 1.65. The summed E-state index contributed by atoms with van der Waals surface area (Å²) in [7, 11) is -3.33. The van der Waals surface area contributed by atoms with E-state index in [0.717, 1.165) is 30.0 Å². The number of sulfonamides is 1. The van der Waals surface area contributed by atoms with Gasteiger partial charge in [-0.15, -0.1) is 11.3 Å². The van der Waals surface area contributed by atoms with Gasteiger partial charge in [-0.05, 0) is 32.0 Å². The summed E-state index contributed by atoms with van der Waals surface area (Å²) in [6.45, 7) is 4.07. The van der Waals surface area contributed by atoms with Crippen molar-refractivity contribution < 1.29 is 8.42 Å². The zero-order chi connectivity index (χ0) is 12.3. The second-order valence-electron chi connectivity index (χ2n) is 4.01. The van der Waals surface area contributed by atoms with Crippen LogP contribution in [0.4, 0.5) is 0 Å². The molecule has 0 atom stereocenters. The van der Waals surface area contributed by atoms with E-state index in [1.165, 1.54) is 11.3 Å². The van der Waals surface area contributed by atoms with Crippen LogP contribution in [-0.2, 0) is 10.0 Å². The topological polar surface area (TPSA) is 58.2 Å². The fraction of sp³-hybridized carbons (Fsp3) is 0.455. The molecular formula is C11H16N2O2S2. The summed E-state index contributed by atoms with van der Waals surface area (Å²) < 4.78 is 26.9. The van der Waals surface area contributed by atoms with Crippen LogP contribution in [0.1, 0.15) is 11.3 Å². The summed E-state index contributed by atoms with van der Waals surface area (Å²) in [4.78, 5) is 1.01.